The third-order valence-electron chi connectivity index (χ3n) is 4.65. The summed E-state index contributed by atoms with van der Waals surface area (Å²) in [5.74, 6) is 0.436. The van der Waals surface area contributed by atoms with Gasteiger partial charge in [0, 0.05) is 36.7 Å². The number of fused-ring (bicyclic) bond motifs is 1. The number of hydrogen-bond donors (Lipinski definition) is 0. The van der Waals surface area contributed by atoms with Gasteiger partial charge in [0.2, 0.25) is 0 Å². The summed E-state index contributed by atoms with van der Waals surface area (Å²) in [7, 11) is 1.75. The highest BCUT2D eigenvalue weighted by molar-refractivity contribution is 7.12. The molecule has 0 aliphatic carbocycles. The zero-order valence-electron chi connectivity index (χ0n) is 15.5. The van der Waals surface area contributed by atoms with Crippen LogP contribution in [0, 0.1) is 0 Å². The highest BCUT2D eigenvalue weighted by Crippen LogP contribution is 2.25. The van der Waals surface area contributed by atoms with Crippen molar-refractivity contribution in [3.05, 3.63) is 84.5 Å². The lowest BCUT2D eigenvalue weighted by Gasteiger charge is -2.16. The number of thiazole rings is 1. The van der Waals surface area contributed by atoms with Crippen LogP contribution in [0.2, 0.25) is 0 Å². The maximum atomic E-state index is 13.2. The number of benzene rings is 1. The summed E-state index contributed by atoms with van der Waals surface area (Å²) < 4.78 is 3.74. The molecular formula is C21H16N6OS. The maximum absolute atomic E-state index is 13.2. The van der Waals surface area contributed by atoms with Crippen molar-refractivity contribution >= 4 is 28.4 Å². The molecule has 4 aromatic heterocycles. The third-order valence-corrected chi connectivity index (χ3v) is 5.44. The van der Waals surface area contributed by atoms with Crippen LogP contribution in [0.5, 0.6) is 0 Å². The number of para-hydroxylation sites is 1. The van der Waals surface area contributed by atoms with Crippen molar-refractivity contribution in [2.75, 3.05) is 11.9 Å². The second-order valence-electron chi connectivity index (χ2n) is 6.42. The fourth-order valence-corrected chi connectivity index (χ4v) is 3.78. The van der Waals surface area contributed by atoms with E-state index in [4.69, 9.17) is 0 Å². The maximum Gasteiger partial charge on any atom is 0.278 e. The van der Waals surface area contributed by atoms with E-state index in [1.807, 2.05) is 75.3 Å². The first-order chi connectivity index (χ1) is 14.2. The molecule has 0 bridgehead atoms. The number of carbonyl (C=O) groups excluding carboxylic acids is 1. The van der Waals surface area contributed by atoms with E-state index in [1.165, 1.54) is 11.3 Å². The van der Waals surface area contributed by atoms with E-state index >= 15 is 0 Å². The molecule has 7 nitrogen and oxygen atoms in total. The molecule has 0 saturated heterocycles. The molecule has 0 unspecified atom stereocenters. The van der Waals surface area contributed by atoms with Crippen molar-refractivity contribution in [3.8, 4) is 16.6 Å². The van der Waals surface area contributed by atoms with Gasteiger partial charge in [-0.1, -0.05) is 24.3 Å². The van der Waals surface area contributed by atoms with Gasteiger partial charge in [-0.15, -0.1) is 11.3 Å². The van der Waals surface area contributed by atoms with Gasteiger partial charge < -0.3 is 4.90 Å². The fraction of sp³-hybridized carbons (Fsp3) is 0.0476. The average molecular weight is 400 g/mol. The summed E-state index contributed by atoms with van der Waals surface area (Å²) in [6.45, 7) is 0. The normalized spacial score (nSPS) is 11.1. The molecule has 0 fully saturated rings. The topological polar surface area (TPSA) is 68.3 Å². The molecule has 5 rings (SSSR count). The molecular weight excluding hydrogens is 384 g/mol. The molecule has 0 N–H and O–H groups in total. The number of pyridine rings is 1. The fourth-order valence-electron chi connectivity index (χ4n) is 3.19. The minimum Gasteiger partial charge on any atom is -0.310 e. The first kappa shape index (κ1) is 17.3. The van der Waals surface area contributed by atoms with Gasteiger partial charge in [0.1, 0.15) is 12.0 Å². The number of carbonyl (C=O) groups is 1. The molecule has 0 aliphatic heterocycles. The van der Waals surface area contributed by atoms with E-state index in [0.717, 1.165) is 16.3 Å². The minimum atomic E-state index is -0.175. The van der Waals surface area contributed by atoms with Gasteiger partial charge in [0.15, 0.2) is 16.6 Å². The van der Waals surface area contributed by atoms with E-state index in [1.54, 1.807) is 24.5 Å². The molecule has 0 radical (unpaired) electrons. The average Bonchev–Trinajstić information content (AvgIpc) is 3.52. The van der Waals surface area contributed by atoms with Gasteiger partial charge in [-0.3, -0.25) is 13.8 Å². The highest BCUT2D eigenvalue weighted by atomic mass is 32.1. The van der Waals surface area contributed by atoms with Gasteiger partial charge in [0.25, 0.3) is 5.91 Å². The van der Waals surface area contributed by atoms with E-state index < -0.39 is 0 Å². The van der Waals surface area contributed by atoms with Crippen LogP contribution >= 0.6 is 11.3 Å². The minimum absolute atomic E-state index is 0.175. The van der Waals surface area contributed by atoms with Crippen LogP contribution in [0.4, 0.5) is 5.69 Å². The zero-order chi connectivity index (χ0) is 19.8. The van der Waals surface area contributed by atoms with E-state index in [2.05, 4.69) is 15.0 Å². The molecule has 1 amide bonds. The number of rotatable bonds is 4. The Morgan fingerprint density at radius 2 is 1.90 bits per heavy atom. The van der Waals surface area contributed by atoms with Crippen molar-refractivity contribution in [2.45, 2.75) is 0 Å². The molecule has 0 saturated carbocycles. The number of aromatic nitrogens is 5. The summed E-state index contributed by atoms with van der Waals surface area (Å²) >= 11 is 1.52. The Balaban J connectivity index is 1.59. The lowest BCUT2D eigenvalue weighted by atomic mass is 10.2. The first-order valence-corrected chi connectivity index (χ1v) is 9.85. The highest BCUT2D eigenvalue weighted by Gasteiger charge is 2.23. The standard InChI is InChI=1S/C21H16N6OS/c1-25(15-7-3-2-4-8-15)20(28)18-17-9-5-6-11-27(17)19(24-18)16-13-26(14-23-16)21-22-10-12-29-21/h2-14H,1H3. The van der Waals surface area contributed by atoms with E-state index in [9.17, 15) is 4.79 Å². The molecule has 4 heterocycles. The molecule has 0 atom stereocenters. The van der Waals surface area contributed by atoms with Crippen LogP contribution in [0.3, 0.4) is 0 Å². The summed E-state index contributed by atoms with van der Waals surface area (Å²) in [6, 6.07) is 15.2. The SMILES string of the molecule is CN(C(=O)c1nc(-c2cn(-c3nccs3)cn2)n2ccccc12)c1ccccc1. The Bertz CT molecular complexity index is 1290. The molecule has 8 heteroatoms. The van der Waals surface area contributed by atoms with Gasteiger partial charge in [-0.2, -0.15) is 0 Å². The van der Waals surface area contributed by atoms with Gasteiger partial charge in [-0.05, 0) is 24.3 Å². The van der Waals surface area contributed by atoms with Gasteiger partial charge >= 0.3 is 0 Å². The van der Waals surface area contributed by atoms with E-state index in [-0.39, 0.29) is 5.91 Å². The predicted molar refractivity (Wildman–Crippen MR) is 113 cm³/mol. The molecule has 1 aromatic carbocycles. The Morgan fingerprint density at radius 1 is 1.07 bits per heavy atom. The Labute approximate surface area is 170 Å². The number of hydrogen-bond acceptors (Lipinski definition) is 5. The number of amides is 1. The summed E-state index contributed by atoms with van der Waals surface area (Å²) in [6.07, 6.45) is 7.21. The Kier molecular flexibility index (Phi) is 4.18. The number of anilines is 1. The van der Waals surface area contributed by atoms with Crippen LogP contribution in [-0.2, 0) is 0 Å². The van der Waals surface area contributed by atoms with Crippen LogP contribution in [0.15, 0.2) is 78.8 Å². The van der Waals surface area contributed by atoms with E-state index in [0.29, 0.717) is 17.2 Å². The third kappa shape index (κ3) is 2.99. The molecule has 142 valence electrons. The molecule has 29 heavy (non-hydrogen) atoms. The molecule has 5 aromatic rings. The van der Waals surface area contributed by atoms with Crippen molar-refractivity contribution in [2.24, 2.45) is 0 Å². The molecule has 0 aliphatic rings. The zero-order valence-corrected chi connectivity index (χ0v) is 16.3. The van der Waals surface area contributed by atoms with Crippen LogP contribution < -0.4 is 4.90 Å². The summed E-state index contributed by atoms with van der Waals surface area (Å²) in [5.41, 5.74) is 2.60. The lowest BCUT2D eigenvalue weighted by molar-refractivity contribution is 0.0990. The summed E-state index contributed by atoms with van der Waals surface area (Å²) in [5, 5.41) is 2.74. The van der Waals surface area contributed by atoms with Crippen molar-refractivity contribution in [1.82, 2.24) is 23.9 Å². The number of nitrogens with zero attached hydrogens (tertiary/aromatic N) is 6. The monoisotopic (exact) mass is 400 g/mol. The predicted octanol–water partition coefficient (Wildman–Crippen LogP) is 3.92. The summed E-state index contributed by atoms with van der Waals surface area (Å²) in [4.78, 5) is 28.3. The largest absolute Gasteiger partial charge is 0.310 e. The smallest absolute Gasteiger partial charge is 0.278 e. The second kappa shape index (κ2) is 6.99. The van der Waals surface area contributed by atoms with Crippen LogP contribution in [0.1, 0.15) is 10.5 Å². The molecule has 0 spiro atoms. The van der Waals surface area contributed by atoms with Crippen molar-refractivity contribution in [3.63, 3.8) is 0 Å². The second-order valence-corrected chi connectivity index (χ2v) is 7.29. The van der Waals surface area contributed by atoms with Gasteiger partial charge in [0.05, 0.1) is 5.52 Å². The van der Waals surface area contributed by atoms with Crippen LogP contribution in [-0.4, -0.2) is 36.9 Å². The first-order valence-electron chi connectivity index (χ1n) is 8.97. The Morgan fingerprint density at radius 3 is 2.69 bits per heavy atom. The quantitative estimate of drug-likeness (QED) is 0.459. The Hall–Kier alpha value is -3.78. The lowest BCUT2D eigenvalue weighted by Crippen LogP contribution is -2.26. The van der Waals surface area contributed by atoms with Crippen molar-refractivity contribution < 1.29 is 4.79 Å². The van der Waals surface area contributed by atoms with Gasteiger partial charge in [-0.25, -0.2) is 15.0 Å². The number of imidazole rings is 2. The van der Waals surface area contributed by atoms with Crippen LogP contribution in [0.25, 0.3) is 22.2 Å². The van der Waals surface area contributed by atoms with Crippen molar-refractivity contribution in [1.29, 1.82) is 0 Å².